The van der Waals surface area contributed by atoms with E-state index in [0.29, 0.717) is 40.9 Å². The lowest BCUT2D eigenvalue weighted by atomic mass is 10.1. The van der Waals surface area contributed by atoms with Gasteiger partial charge in [0.25, 0.3) is 11.1 Å². The van der Waals surface area contributed by atoms with E-state index in [4.69, 9.17) is 14.2 Å². The molecule has 9 heteroatoms. The fourth-order valence-corrected chi connectivity index (χ4v) is 4.50. The number of hydrogen-bond acceptors (Lipinski definition) is 6. The number of carbonyl (C=O) groups is 2. The summed E-state index contributed by atoms with van der Waals surface area (Å²) in [6.07, 6.45) is 1.66. The van der Waals surface area contributed by atoms with E-state index in [1.807, 2.05) is 37.3 Å². The Kier molecular flexibility index (Phi) is 8.66. The molecular formula is C27H23BrFNO5S. The number of halogens is 2. The van der Waals surface area contributed by atoms with Crippen molar-refractivity contribution in [1.29, 1.82) is 0 Å². The molecule has 0 saturated carbocycles. The van der Waals surface area contributed by atoms with Gasteiger partial charge in [-0.3, -0.25) is 14.5 Å². The van der Waals surface area contributed by atoms with Crippen LogP contribution in [-0.4, -0.2) is 35.8 Å². The van der Waals surface area contributed by atoms with E-state index in [-0.39, 0.29) is 30.1 Å². The van der Waals surface area contributed by atoms with Gasteiger partial charge in [-0.1, -0.05) is 34.1 Å². The second kappa shape index (κ2) is 12.1. The topological polar surface area (TPSA) is 65.1 Å². The van der Waals surface area contributed by atoms with E-state index in [9.17, 15) is 14.0 Å². The normalized spacial score (nSPS) is 14.4. The predicted octanol–water partition coefficient (Wildman–Crippen LogP) is 6.68. The highest BCUT2D eigenvalue weighted by molar-refractivity contribution is 9.10. The molecule has 0 spiro atoms. The van der Waals surface area contributed by atoms with E-state index in [1.54, 1.807) is 18.2 Å². The van der Waals surface area contributed by atoms with E-state index in [0.717, 1.165) is 26.7 Å². The van der Waals surface area contributed by atoms with Gasteiger partial charge in [0.2, 0.25) is 0 Å². The molecule has 0 N–H and O–H groups in total. The summed E-state index contributed by atoms with van der Waals surface area (Å²) in [6, 6.07) is 18.8. The largest absolute Gasteiger partial charge is 0.492 e. The summed E-state index contributed by atoms with van der Waals surface area (Å²) in [5, 5.41) is -0.367. The molecule has 0 aromatic heterocycles. The lowest BCUT2D eigenvalue weighted by Crippen LogP contribution is -2.32. The quantitative estimate of drug-likeness (QED) is 0.253. The molecule has 0 bridgehead atoms. The van der Waals surface area contributed by atoms with Crippen LogP contribution in [0.4, 0.5) is 9.18 Å². The van der Waals surface area contributed by atoms with Crippen LogP contribution in [0.1, 0.15) is 18.1 Å². The number of benzene rings is 3. The van der Waals surface area contributed by atoms with Crippen molar-refractivity contribution in [2.75, 3.05) is 19.8 Å². The van der Waals surface area contributed by atoms with Crippen LogP contribution in [0.25, 0.3) is 6.08 Å². The van der Waals surface area contributed by atoms with Crippen LogP contribution in [0.5, 0.6) is 17.2 Å². The van der Waals surface area contributed by atoms with Crippen LogP contribution < -0.4 is 14.2 Å². The van der Waals surface area contributed by atoms with Crippen molar-refractivity contribution >= 4 is 44.9 Å². The van der Waals surface area contributed by atoms with Crippen molar-refractivity contribution in [2.24, 2.45) is 0 Å². The average molecular weight is 572 g/mol. The van der Waals surface area contributed by atoms with Gasteiger partial charge in [-0.2, -0.15) is 0 Å². The molecule has 2 amide bonds. The Balaban J connectivity index is 1.41. The first-order chi connectivity index (χ1) is 17.4. The number of ether oxygens (including phenoxy) is 3. The van der Waals surface area contributed by atoms with Gasteiger partial charge in [-0.25, -0.2) is 4.39 Å². The summed E-state index contributed by atoms with van der Waals surface area (Å²) in [6.45, 7) is 2.90. The molecule has 4 rings (SSSR count). The molecule has 1 fully saturated rings. The van der Waals surface area contributed by atoms with Crippen LogP contribution in [-0.2, 0) is 11.4 Å². The van der Waals surface area contributed by atoms with Crippen molar-refractivity contribution in [2.45, 2.75) is 13.5 Å². The molecule has 6 nitrogen and oxygen atoms in total. The second-order valence-corrected chi connectivity index (χ2v) is 9.60. The smallest absolute Gasteiger partial charge is 0.293 e. The molecule has 36 heavy (non-hydrogen) atoms. The first kappa shape index (κ1) is 25.8. The minimum absolute atomic E-state index is 0.0897. The van der Waals surface area contributed by atoms with E-state index >= 15 is 0 Å². The van der Waals surface area contributed by atoms with Gasteiger partial charge in [0.05, 0.1) is 18.1 Å². The molecule has 1 saturated heterocycles. The van der Waals surface area contributed by atoms with Crippen molar-refractivity contribution in [3.63, 3.8) is 0 Å². The highest BCUT2D eigenvalue weighted by Gasteiger charge is 2.34. The molecule has 1 aliphatic rings. The number of amides is 2. The lowest BCUT2D eigenvalue weighted by molar-refractivity contribution is -0.123. The molecule has 0 unspecified atom stereocenters. The van der Waals surface area contributed by atoms with Crippen LogP contribution in [0, 0.1) is 5.82 Å². The van der Waals surface area contributed by atoms with Crippen LogP contribution in [0.15, 0.2) is 76.1 Å². The zero-order valence-corrected chi connectivity index (χ0v) is 21.8. The Labute approximate surface area is 221 Å². The SMILES string of the molecule is CCOc1cc(/C=C2\SC(=O)N(CCOc3ccc(F)cc3)C2=O)ccc1OCc1ccc(Br)cc1. The highest BCUT2D eigenvalue weighted by atomic mass is 79.9. The minimum atomic E-state index is -0.388. The zero-order valence-electron chi connectivity index (χ0n) is 19.4. The van der Waals surface area contributed by atoms with Crippen LogP contribution in [0.3, 0.4) is 0 Å². The summed E-state index contributed by atoms with van der Waals surface area (Å²) >= 11 is 4.29. The van der Waals surface area contributed by atoms with Gasteiger partial charge < -0.3 is 14.2 Å². The number of thioether (sulfide) groups is 1. The number of rotatable bonds is 10. The fraction of sp³-hybridized carbons (Fsp3) is 0.185. The molecule has 1 aliphatic heterocycles. The van der Waals surface area contributed by atoms with E-state index in [1.165, 1.54) is 24.3 Å². The summed E-state index contributed by atoms with van der Waals surface area (Å²) in [7, 11) is 0. The number of nitrogens with zero attached hydrogens (tertiary/aromatic N) is 1. The molecular weight excluding hydrogens is 549 g/mol. The van der Waals surface area contributed by atoms with Gasteiger partial charge >= 0.3 is 0 Å². The summed E-state index contributed by atoms with van der Waals surface area (Å²) in [5.41, 5.74) is 1.73. The van der Waals surface area contributed by atoms with Gasteiger partial charge in [0.15, 0.2) is 11.5 Å². The first-order valence-electron chi connectivity index (χ1n) is 11.2. The molecule has 1 heterocycles. The number of carbonyl (C=O) groups excluding carboxylic acids is 2. The van der Waals surface area contributed by atoms with Gasteiger partial charge in [0.1, 0.15) is 24.8 Å². The maximum absolute atomic E-state index is 13.0. The number of imide groups is 1. The van der Waals surface area contributed by atoms with Gasteiger partial charge in [-0.05, 0) is 84.4 Å². The van der Waals surface area contributed by atoms with Crippen LogP contribution in [0.2, 0.25) is 0 Å². The molecule has 0 atom stereocenters. The third kappa shape index (κ3) is 6.67. The standard InChI is InChI=1S/C27H23BrFNO5S/c1-2-33-24-15-19(5-12-23(24)35-17-18-3-6-20(28)7-4-18)16-25-26(31)30(27(32)36-25)13-14-34-22-10-8-21(29)9-11-22/h3-12,15-16H,2,13-14,17H2,1H3/b25-16-. The van der Waals surface area contributed by atoms with Crippen molar-refractivity contribution in [1.82, 2.24) is 4.90 Å². The monoisotopic (exact) mass is 571 g/mol. The Hall–Kier alpha value is -3.30. The van der Waals surface area contributed by atoms with Crippen molar-refractivity contribution in [3.8, 4) is 17.2 Å². The Morgan fingerprint density at radius 3 is 2.42 bits per heavy atom. The molecule has 0 radical (unpaired) electrons. The molecule has 186 valence electrons. The van der Waals surface area contributed by atoms with Crippen molar-refractivity contribution < 1.29 is 28.2 Å². The molecule has 3 aromatic rings. The molecule has 0 aliphatic carbocycles. The first-order valence-corrected chi connectivity index (χ1v) is 12.8. The van der Waals surface area contributed by atoms with E-state index < -0.39 is 0 Å². The Morgan fingerprint density at radius 1 is 0.944 bits per heavy atom. The van der Waals surface area contributed by atoms with Gasteiger partial charge in [-0.15, -0.1) is 0 Å². The Bertz CT molecular complexity index is 1260. The predicted molar refractivity (Wildman–Crippen MR) is 141 cm³/mol. The maximum Gasteiger partial charge on any atom is 0.293 e. The number of hydrogen-bond donors (Lipinski definition) is 0. The van der Waals surface area contributed by atoms with E-state index in [2.05, 4.69) is 15.9 Å². The molecule has 3 aromatic carbocycles. The second-order valence-electron chi connectivity index (χ2n) is 7.69. The van der Waals surface area contributed by atoms with Gasteiger partial charge in [0, 0.05) is 4.47 Å². The highest BCUT2D eigenvalue weighted by Crippen LogP contribution is 2.35. The van der Waals surface area contributed by atoms with Crippen LogP contribution >= 0.6 is 27.7 Å². The summed E-state index contributed by atoms with van der Waals surface area (Å²) in [4.78, 5) is 26.7. The Morgan fingerprint density at radius 2 is 1.69 bits per heavy atom. The average Bonchev–Trinajstić information content (AvgIpc) is 3.13. The van der Waals surface area contributed by atoms with Crippen molar-refractivity contribution in [3.05, 3.63) is 93.1 Å². The fourth-order valence-electron chi connectivity index (χ4n) is 3.37. The maximum atomic E-state index is 13.0. The lowest BCUT2D eigenvalue weighted by Gasteiger charge is -2.13. The summed E-state index contributed by atoms with van der Waals surface area (Å²) < 4.78 is 31.2. The third-order valence-corrected chi connectivity index (χ3v) is 6.58. The third-order valence-electron chi connectivity index (χ3n) is 5.14. The zero-order chi connectivity index (χ0) is 25.5. The minimum Gasteiger partial charge on any atom is -0.492 e. The summed E-state index contributed by atoms with van der Waals surface area (Å²) in [5.74, 6) is 0.847.